The number of hydrogen-bond acceptors (Lipinski definition) is 3. The normalized spacial score (nSPS) is 18.5. The topological polar surface area (TPSA) is 19.4 Å². The molecule has 1 aromatic heterocycles. The predicted octanol–water partition coefficient (Wildman–Crippen LogP) is 4.83. The Balaban J connectivity index is 1.30. The Morgan fingerprint density at radius 2 is 1.50 bits per heavy atom. The van der Waals surface area contributed by atoms with E-state index in [1.165, 1.54) is 17.3 Å². The highest BCUT2D eigenvalue weighted by molar-refractivity contribution is 5.32. The van der Waals surface area contributed by atoms with Crippen molar-refractivity contribution in [3.63, 3.8) is 0 Å². The van der Waals surface area contributed by atoms with Gasteiger partial charge in [-0.1, -0.05) is 60.7 Å². The summed E-state index contributed by atoms with van der Waals surface area (Å²) >= 11 is 0. The second-order valence-electron chi connectivity index (χ2n) is 8.47. The number of fused-ring (bicyclic) bond motifs is 1. The quantitative estimate of drug-likeness (QED) is 0.624. The molecule has 3 nitrogen and oxygen atoms in total. The van der Waals surface area contributed by atoms with Crippen LogP contribution in [-0.2, 0) is 13.0 Å². The van der Waals surface area contributed by atoms with Gasteiger partial charge in [0.15, 0.2) is 0 Å². The number of nitrogens with zero attached hydrogens (tertiary/aromatic N) is 3. The Morgan fingerprint density at radius 3 is 2.13 bits per heavy atom. The molecule has 1 saturated heterocycles. The van der Waals surface area contributed by atoms with E-state index >= 15 is 0 Å². The summed E-state index contributed by atoms with van der Waals surface area (Å²) in [7, 11) is 0. The number of benzene rings is 2. The van der Waals surface area contributed by atoms with E-state index in [0.717, 1.165) is 56.7 Å². The van der Waals surface area contributed by atoms with Crippen LogP contribution in [0.2, 0.25) is 0 Å². The van der Waals surface area contributed by atoms with E-state index in [2.05, 4.69) is 75.4 Å². The molecule has 2 aliphatic rings. The van der Waals surface area contributed by atoms with Crippen LogP contribution >= 0.6 is 0 Å². The second-order valence-corrected chi connectivity index (χ2v) is 8.47. The molecule has 0 N–H and O–H groups in total. The van der Waals surface area contributed by atoms with Crippen molar-refractivity contribution in [2.75, 3.05) is 19.6 Å². The fourth-order valence-corrected chi connectivity index (χ4v) is 5.12. The lowest BCUT2D eigenvalue weighted by atomic mass is 9.92. The second kappa shape index (κ2) is 8.66. The predicted molar refractivity (Wildman–Crippen MR) is 118 cm³/mol. The van der Waals surface area contributed by atoms with Gasteiger partial charge in [-0.05, 0) is 35.6 Å². The van der Waals surface area contributed by atoms with Crippen molar-refractivity contribution in [3.05, 3.63) is 101 Å². The van der Waals surface area contributed by atoms with Gasteiger partial charge in [-0.15, -0.1) is 0 Å². The molecule has 154 valence electrons. The van der Waals surface area contributed by atoms with Crippen molar-refractivity contribution >= 4 is 0 Å². The van der Waals surface area contributed by atoms with Crippen molar-refractivity contribution in [2.45, 2.75) is 37.9 Å². The van der Waals surface area contributed by atoms with Gasteiger partial charge in [-0.25, -0.2) is 4.39 Å². The summed E-state index contributed by atoms with van der Waals surface area (Å²) < 4.78 is 13.6. The van der Waals surface area contributed by atoms with Crippen LogP contribution in [0.4, 0.5) is 4.39 Å². The van der Waals surface area contributed by atoms with Gasteiger partial charge in [0.25, 0.3) is 0 Å². The first kappa shape index (κ1) is 19.4. The molecule has 5 rings (SSSR count). The third-order valence-corrected chi connectivity index (χ3v) is 6.65. The molecule has 0 bridgehead atoms. The average Bonchev–Trinajstić information content (AvgIpc) is 2.81. The minimum Gasteiger partial charge on any atom is -0.296 e. The van der Waals surface area contributed by atoms with E-state index in [4.69, 9.17) is 0 Å². The summed E-state index contributed by atoms with van der Waals surface area (Å²) in [5, 5.41) is 0. The lowest BCUT2D eigenvalue weighted by Crippen LogP contribution is -2.47. The number of aromatic nitrogens is 1. The molecule has 0 saturated carbocycles. The molecular formula is C26H28FN3. The summed E-state index contributed by atoms with van der Waals surface area (Å²) in [5.74, 6) is -0.223. The first-order valence-corrected chi connectivity index (χ1v) is 11.0. The third kappa shape index (κ3) is 4.03. The van der Waals surface area contributed by atoms with Crippen LogP contribution in [0.1, 0.15) is 41.3 Å². The number of likely N-dealkylation sites (tertiary alicyclic amines) is 1. The third-order valence-electron chi connectivity index (χ3n) is 6.65. The average molecular weight is 402 g/mol. The standard InChI is InChI=1S/C26H28FN3/c27-23-17-22-19-30(16-13-25(22)28-18-23)24-11-14-29(15-12-24)26(20-7-3-1-4-8-20)21-9-5-2-6-10-21/h1-10,17-18,24,26H,11-16,19H2. The largest absolute Gasteiger partial charge is 0.296 e. The lowest BCUT2D eigenvalue weighted by molar-refractivity contribution is 0.0836. The molecule has 3 heterocycles. The summed E-state index contributed by atoms with van der Waals surface area (Å²) in [5.41, 5.74) is 4.85. The number of pyridine rings is 1. The van der Waals surface area contributed by atoms with Crippen molar-refractivity contribution < 1.29 is 4.39 Å². The fourth-order valence-electron chi connectivity index (χ4n) is 5.12. The van der Waals surface area contributed by atoms with Gasteiger partial charge in [0.05, 0.1) is 12.2 Å². The van der Waals surface area contributed by atoms with Crippen LogP contribution in [-0.4, -0.2) is 40.5 Å². The van der Waals surface area contributed by atoms with Crippen molar-refractivity contribution in [1.82, 2.24) is 14.8 Å². The molecule has 0 unspecified atom stereocenters. The van der Waals surface area contributed by atoms with Gasteiger partial charge >= 0.3 is 0 Å². The molecule has 1 fully saturated rings. The van der Waals surface area contributed by atoms with E-state index in [1.807, 2.05) is 0 Å². The maximum Gasteiger partial charge on any atom is 0.141 e. The first-order valence-electron chi connectivity index (χ1n) is 11.0. The van der Waals surface area contributed by atoms with Crippen molar-refractivity contribution in [2.24, 2.45) is 0 Å². The van der Waals surface area contributed by atoms with Crippen molar-refractivity contribution in [1.29, 1.82) is 0 Å². The van der Waals surface area contributed by atoms with E-state index < -0.39 is 0 Å². The smallest absolute Gasteiger partial charge is 0.141 e. The van der Waals surface area contributed by atoms with E-state index in [1.54, 1.807) is 6.07 Å². The summed E-state index contributed by atoms with van der Waals surface area (Å²) in [6, 6.07) is 24.2. The Labute approximate surface area is 178 Å². The van der Waals surface area contributed by atoms with Crippen LogP contribution in [0.5, 0.6) is 0 Å². The molecule has 2 aromatic carbocycles. The summed E-state index contributed by atoms with van der Waals surface area (Å²) in [6.07, 6.45) is 4.56. The number of piperidine rings is 1. The molecule has 0 atom stereocenters. The van der Waals surface area contributed by atoms with Gasteiger partial charge in [-0.2, -0.15) is 0 Å². The lowest BCUT2D eigenvalue weighted by Gasteiger charge is -2.43. The van der Waals surface area contributed by atoms with Gasteiger partial charge in [0.2, 0.25) is 0 Å². The van der Waals surface area contributed by atoms with E-state index in [-0.39, 0.29) is 5.82 Å². The van der Waals surface area contributed by atoms with Gasteiger partial charge in [0, 0.05) is 44.3 Å². The maximum absolute atomic E-state index is 13.6. The van der Waals surface area contributed by atoms with Crippen LogP contribution in [0.25, 0.3) is 0 Å². The van der Waals surface area contributed by atoms with Crippen LogP contribution in [0.15, 0.2) is 72.9 Å². The molecule has 30 heavy (non-hydrogen) atoms. The summed E-state index contributed by atoms with van der Waals surface area (Å²) in [4.78, 5) is 9.46. The van der Waals surface area contributed by atoms with Crippen LogP contribution in [0.3, 0.4) is 0 Å². The number of hydrogen-bond donors (Lipinski definition) is 0. The first-order chi connectivity index (χ1) is 14.8. The van der Waals surface area contributed by atoms with E-state index in [0.29, 0.717) is 12.1 Å². The monoisotopic (exact) mass is 401 g/mol. The van der Waals surface area contributed by atoms with Crippen molar-refractivity contribution in [3.8, 4) is 0 Å². The molecule has 2 aliphatic heterocycles. The summed E-state index contributed by atoms with van der Waals surface area (Å²) in [6.45, 7) is 4.00. The molecule has 0 radical (unpaired) electrons. The molecule has 0 amide bonds. The molecule has 0 spiro atoms. The highest BCUT2D eigenvalue weighted by Crippen LogP contribution is 2.33. The molecular weight excluding hydrogens is 373 g/mol. The highest BCUT2D eigenvalue weighted by atomic mass is 19.1. The molecule has 3 aromatic rings. The fraction of sp³-hybridized carbons (Fsp3) is 0.346. The number of rotatable bonds is 4. The highest BCUT2D eigenvalue weighted by Gasteiger charge is 2.31. The van der Waals surface area contributed by atoms with Gasteiger partial charge in [-0.3, -0.25) is 14.8 Å². The Morgan fingerprint density at radius 1 is 0.867 bits per heavy atom. The Bertz CT molecular complexity index is 929. The number of halogens is 1. The van der Waals surface area contributed by atoms with Gasteiger partial charge in [0.1, 0.15) is 5.82 Å². The minimum atomic E-state index is -0.223. The van der Waals surface area contributed by atoms with Crippen LogP contribution in [0, 0.1) is 5.82 Å². The molecule has 0 aliphatic carbocycles. The zero-order chi connectivity index (χ0) is 20.3. The SMILES string of the molecule is Fc1cnc2c(c1)CN(C1CCN(C(c3ccccc3)c3ccccc3)CC1)CC2. The van der Waals surface area contributed by atoms with E-state index in [9.17, 15) is 4.39 Å². The molecule has 4 heteroatoms. The van der Waals surface area contributed by atoms with Gasteiger partial charge < -0.3 is 0 Å². The Kier molecular flexibility index (Phi) is 5.60. The minimum absolute atomic E-state index is 0.223. The van der Waals surface area contributed by atoms with Crippen LogP contribution < -0.4 is 0 Å². The zero-order valence-corrected chi connectivity index (χ0v) is 17.3. The zero-order valence-electron chi connectivity index (χ0n) is 17.3. The maximum atomic E-state index is 13.6. The Hall–Kier alpha value is -2.56.